The standard InChI is InChI=1S/C10H19N3O/c1-3-5-14-8-10(11)9-6-12-13(4-2)7-9/h6-7,10H,3-5,8,11H2,1-2H3. The van der Waals surface area contributed by atoms with E-state index >= 15 is 0 Å². The topological polar surface area (TPSA) is 53.1 Å². The number of aryl methyl sites for hydroxylation is 1. The predicted molar refractivity (Wildman–Crippen MR) is 55.9 cm³/mol. The van der Waals surface area contributed by atoms with Gasteiger partial charge in [0.15, 0.2) is 0 Å². The molecule has 0 aliphatic rings. The van der Waals surface area contributed by atoms with E-state index in [4.69, 9.17) is 10.5 Å². The third kappa shape index (κ3) is 3.12. The summed E-state index contributed by atoms with van der Waals surface area (Å²) in [6.45, 7) is 6.36. The average molecular weight is 197 g/mol. The monoisotopic (exact) mass is 197 g/mol. The molecule has 0 fully saturated rings. The first-order valence-corrected chi connectivity index (χ1v) is 5.13. The number of ether oxygens (including phenoxy) is 1. The second-order valence-electron chi connectivity index (χ2n) is 3.31. The maximum atomic E-state index is 5.93. The quantitative estimate of drug-likeness (QED) is 0.700. The van der Waals surface area contributed by atoms with Crippen molar-refractivity contribution < 1.29 is 4.74 Å². The van der Waals surface area contributed by atoms with E-state index < -0.39 is 0 Å². The average Bonchev–Trinajstić information content (AvgIpc) is 2.66. The SMILES string of the molecule is CCCOCC(N)c1cnn(CC)c1. The first-order valence-electron chi connectivity index (χ1n) is 5.13. The van der Waals surface area contributed by atoms with Gasteiger partial charge in [0.25, 0.3) is 0 Å². The van der Waals surface area contributed by atoms with Gasteiger partial charge in [0.1, 0.15) is 0 Å². The van der Waals surface area contributed by atoms with Crippen LogP contribution in [0.3, 0.4) is 0 Å². The van der Waals surface area contributed by atoms with Crippen molar-refractivity contribution in [3.05, 3.63) is 18.0 Å². The highest BCUT2D eigenvalue weighted by Gasteiger charge is 2.07. The van der Waals surface area contributed by atoms with Crippen molar-refractivity contribution in [2.24, 2.45) is 5.73 Å². The van der Waals surface area contributed by atoms with Gasteiger partial charge in [-0.25, -0.2) is 0 Å². The molecule has 1 aromatic heterocycles. The van der Waals surface area contributed by atoms with E-state index in [9.17, 15) is 0 Å². The normalized spacial score (nSPS) is 13.1. The van der Waals surface area contributed by atoms with Crippen LogP contribution in [0.1, 0.15) is 31.9 Å². The zero-order valence-corrected chi connectivity index (χ0v) is 8.94. The van der Waals surface area contributed by atoms with Gasteiger partial charge in [0.05, 0.1) is 18.8 Å². The van der Waals surface area contributed by atoms with Gasteiger partial charge in [-0.3, -0.25) is 4.68 Å². The maximum Gasteiger partial charge on any atom is 0.0660 e. The van der Waals surface area contributed by atoms with Gasteiger partial charge in [0, 0.05) is 24.9 Å². The van der Waals surface area contributed by atoms with Gasteiger partial charge >= 0.3 is 0 Å². The van der Waals surface area contributed by atoms with E-state index in [1.165, 1.54) is 0 Å². The minimum Gasteiger partial charge on any atom is -0.379 e. The maximum absolute atomic E-state index is 5.93. The van der Waals surface area contributed by atoms with Gasteiger partial charge in [-0.2, -0.15) is 5.10 Å². The van der Waals surface area contributed by atoms with Crippen molar-refractivity contribution in [2.75, 3.05) is 13.2 Å². The van der Waals surface area contributed by atoms with E-state index in [1.807, 2.05) is 17.1 Å². The van der Waals surface area contributed by atoms with Crippen molar-refractivity contribution >= 4 is 0 Å². The van der Waals surface area contributed by atoms with Crippen LogP contribution in [-0.4, -0.2) is 23.0 Å². The fraction of sp³-hybridized carbons (Fsp3) is 0.700. The lowest BCUT2D eigenvalue weighted by Crippen LogP contribution is -2.16. The summed E-state index contributed by atoms with van der Waals surface area (Å²) in [6, 6.07) is -0.0538. The minimum atomic E-state index is -0.0538. The van der Waals surface area contributed by atoms with Crippen LogP contribution in [0.2, 0.25) is 0 Å². The molecule has 0 spiro atoms. The molecule has 80 valence electrons. The number of aromatic nitrogens is 2. The van der Waals surface area contributed by atoms with Crippen LogP contribution in [0.4, 0.5) is 0 Å². The number of nitrogens with two attached hydrogens (primary N) is 1. The molecule has 0 saturated carbocycles. The summed E-state index contributed by atoms with van der Waals surface area (Å²) in [5.41, 5.74) is 6.97. The van der Waals surface area contributed by atoms with Gasteiger partial charge in [-0.05, 0) is 13.3 Å². The van der Waals surface area contributed by atoms with Crippen LogP contribution >= 0.6 is 0 Å². The fourth-order valence-electron chi connectivity index (χ4n) is 1.19. The Balaban J connectivity index is 2.39. The first kappa shape index (κ1) is 11.2. The summed E-state index contributed by atoms with van der Waals surface area (Å²) in [5, 5.41) is 4.17. The summed E-state index contributed by atoms with van der Waals surface area (Å²) < 4.78 is 7.25. The smallest absolute Gasteiger partial charge is 0.0660 e. The molecule has 0 bridgehead atoms. The highest BCUT2D eigenvalue weighted by Crippen LogP contribution is 2.09. The van der Waals surface area contributed by atoms with Crippen molar-refractivity contribution in [1.29, 1.82) is 0 Å². The van der Waals surface area contributed by atoms with Gasteiger partial charge in [-0.15, -0.1) is 0 Å². The predicted octanol–water partition coefficient (Wildman–Crippen LogP) is 1.33. The minimum absolute atomic E-state index is 0.0538. The molecule has 14 heavy (non-hydrogen) atoms. The Hall–Kier alpha value is -0.870. The lowest BCUT2D eigenvalue weighted by Gasteiger charge is -2.09. The van der Waals surface area contributed by atoms with E-state index in [0.717, 1.165) is 25.1 Å². The van der Waals surface area contributed by atoms with Gasteiger partial charge in [-0.1, -0.05) is 6.92 Å². The van der Waals surface area contributed by atoms with Crippen LogP contribution in [0.5, 0.6) is 0 Å². The zero-order chi connectivity index (χ0) is 10.4. The lowest BCUT2D eigenvalue weighted by atomic mass is 10.2. The van der Waals surface area contributed by atoms with Crippen molar-refractivity contribution in [1.82, 2.24) is 9.78 Å². The summed E-state index contributed by atoms with van der Waals surface area (Å²) in [4.78, 5) is 0. The molecule has 1 heterocycles. The Bertz CT molecular complexity index is 260. The number of rotatable bonds is 6. The molecule has 0 radical (unpaired) electrons. The zero-order valence-electron chi connectivity index (χ0n) is 8.94. The molecule has 0 aliphatic carbocycles. The molecular weight excluding hydrogens is 178 g/mol. The molecule has 1 unspecified atom stereocenters. The molecule has 4 heteroatoms. The van der Waals surface area contributed by atoms with E-state index in [-0.39, 0.29) is 6.04 Å². The number of hydrogen-bond acceptors (Lipinski definition) is 3. The Morgan fingerprint density at radius 2 is 2.36 bits per heavy atom. The summed E-state index contributed by atoms with van der Waals surface area (Å²) in [5.74, 6) is 0. The van der Waals surface area contributed by atoms with Crippen molar-refractivity contribution in [3.63, 3.8) is 0 Å². The largest absolute Gasteiger partial charge is 0.379 e. The van der Waals surface area contributed by atoms with E-state index in [1.54, 1.807) is 0 Å². The molecule has 1 aromatic rings. The number of hydrogen-bond donors (Lipinski definition) is 1. The molecule has 0 amide bonds. The molecule has 0 aromatic carbocycles. The Morgan fingerprint density at radius 3 is 2.93 bits per heavy atom. The van der Waals surface area contributed by atoms with Crippen LogP contribution in [0.15, 0.2) is 12.4 Å². The Kier molecular flexibility index (Phi) is 4.62. The molecule has 1 rings (SSSR count). The summed E-state index contributed by atoms with van der Waals surface area (Å²) in [7, 11) is 0. The third-order valence-corrected chi connectivity index (χ3v) is 2.05. The Morgan fingerprint density at radius 1 is 1.57 bits per heavy atom. The van der Waals surface area contributed by atoms with Crippen LogP contribution in [0, 0.1) is 0 Å². The molecule has 2 N–H and O–H groups in total. The van der Waals surface area contributed by atoms with E-state index in [0.29, 0.717) is 6.61 Å². The summed E-state index contributed by atoms with van der Waals surface area (Å²) in [6.07, 6.45) is 4.81. The second kappa shape index (κ2) is 5.78. The lowest BCUT2D eigenvalue weighted by molar-refractivity contribution is 0.121. The molecule has 4 nitrogen and oxygen atoms in total. The highest BCUT2D eigenvalue weighted by atomic mass is 16.5. The number of nitrogens with zero attached hydrogens (tertiary/aromatic N) is 2. The fourth-order valence-corrected chi connectivity index (χ4v) is 1.19. The molecule has 0 saturated heterocycles. The molecular formula is C10H19N3O. The molecule has 0 aliphatic heterocycles. The first-order chi connectivity index (χ1) is 6.77. The van der Waals surface area contributed by atoms with Crippen LogP contribution < -0.4 is 5.73 Å². The van der Waals surface area contributed by atoms with Gasteiger partial charge in [0.2, 0.25) is 0 Å². The van der Waals surface area contributed by atoms with Gasteiger partial charge < -0.3 is 10.5 Å². The third-order valence-electron chi connectivity index (χ3n) is 2.05. The molecule has 1 atom stereocenters. The van der Waals surface area contributed by atoms with Crippen LogP contribution in [-0.2, 0) is 11.3 Å². The van der Waals surface area contributed by atoms with E-state index in [2.05, 4.69) is 18.9 Å². The Labute approximate surface area is 85.0 Å². The van der Waals surface area contributed by atoms with Crippen LogP contribution in [0.25, 0.3) is 0 Å². The second-order valence-corrected chi connectivity index (χ2v) is 3.31. The highest BCUT2D eigenvalue weighted by molar-refractivity contribution is 5.09. The summed E-state index contributed by atoms with van der Waals surface area (Å²) >= 11 is 0. The van der Waals surface area contributed by atoms with Crippen molar-refractivity contribution in [2.45, 2.75) is 32.9 Å². The van der Waals surface area contributed by atoms with Crippen molar-refractivity contribution in [3.8, 4) is 0 Å².